The van der Waals surface area contributed by atoms with Gasteiger partial charge in [-0.05, 0) is 6.07 Å². The summed E-state index contributed by atoms with van der Waals surface area (Å²) >= 11 is 0. The SMILES string of the molecule is COCCC(=O)c1c[nH]c(C(=O)CCOC)c1. The van der Waals surface area contributed by atoms with Gasteiger partial charge in [-0.3, -0.25) is 9.59 Å². The van der Waals surface area contributed by atoms with Crippen molar-refractivity contribution in [1.82, 2.24) is 4.98 Å². The van der Waals surface area contributed by atoms with Crippen LogP contribution in [0.5, 0.6) is 0 Å². The molecule has 0 atom stereocenters. The average Bonchev–Trinajstić information content (AvgIpc) is 2.82. The predicted octanol–water partition coefficient (Wildman–Crippen LogP) is 1.45. The summed E-state index contributed by atoms with van der Waals surface area (Å²) in [6.07, 6.45) is 2.18. The van der Waals surface area contributed by atoms with Gasteiger partial charge >= 0.3 is 0 Å². The summed E-state index contributed by atoms with van der Waals surface area (Å²) in [4.78, 5) is 26.0. The Morgan fingerprint density at radius 2 is 1.71 bits per heavy atom. The molecule has 17 heavy (non-hydrogen) atoms. The lowest BCUT2D eigenvalue weighted by molar-refractivity contribution is 0.0925. The number of hydrogen-bond acceptors (Lipinski definition) is 4. The van der Waals surface area contributed by atoms with Crippen LogP contribution in [-0.2, 0) is 9.47 Å². The topological polar surface area (TPSA) is 68.4 Å². The Kier molecular flexibility index (Phi) is 5.59. The van der Waals surface area contributed by atoms with Gasteiger partial charge in [-0.25, -0.2) is 0 Å². The highest BCUT2D eigenvalue weighted by molar-refractivity contribution is 6.00. The van der Waals surface area contributed by atoms with Crippen LogP contribution >= 0.6 is 0 Å². The van der Waals surface area contributed by atoms with Crippen LogP contribution in [0.1, 0.15) is 33.7 Å². The van der Waals surface area contributed by atoms with E-state index in [1.807, 2.05) is 0 Å². The van der Waals surface area contributed by atoms with E-state index in [1.54, 1.807) is 26.5 Å². The number of ketones is 2. The first-order chi connectivity index (χ1) is 8.19. The second kappa shape index (κ2) is 6.98. The summed E-state index contributed by atoms with van der Waals surface area (Å²) in [5, 5.41) is 0. The third kappa shape index (κ3) is 4.13. The fourth-order valence-electron chi connectivity index (χ4n) is 1.38. The normalized spacial score (nSPS) is 10.5. The molecule has 0 aliphatic carbocycles. The zero-order valence-corrected chi connectivity index (χ0v) is 10.1. The Morgan fingerprint density at radius 1 is 1.12 bits per heavy atom. The summed E-state index contributed by atoms with van der Waals surface area (Å²) in [5.74, 6) is -0.0912. The lowest BCUT2D eigenvalue weighted by Gasteiger charge is -1.97. The zero-order valence-electron chi connectivity index (χ0n) is 10.1. The number of Topliss-reactive ketones (excluding diaryl/α,β-unsaturated/α-hetero) is 2. The standard InChI is InChI=1S/C12H17NO4/c1-16-5-3-11(14)9-7-10(13-8-9)12(15)4-6-17-2/h7-8,13H,3-6H2,1-2H3. The number of ether oxygens (including phenoxy) is 2. The van der Waals surface area contributed by atoms with Gasteiger partial charge in [0.1, 0.15) is 0 Å². The summed E-state index contributed by atoms with van der Waals surface area (Å²) in [6.45, 7) is 0.766. The van der Waals surface area contributed by atoms with Gasteiger partial charge in [-0.1, -0.05) is 0 Å². The van der Waals surface area contributed by atoms with E-state index < -0.39 is 0 Å². The van der Waals surface area contributed by atoms with Crippen LogP contribution in [0.15, 0.2) is 12.3 Å². The van der Waals surface area contributed by atoms with Crippen molar-refractivity contribution in [1.29, 1.82) is 0 Å². The van der Waals surface area contributed by atoms with Gasteiger partial charge in [0.15, 0.2) is 11.6 Å². The molecule has 0 bridgehead atoms. The van der Waals surface area contributed by atoms with Gasteiger partial charge in [0, 0.05) is 38.8 Å². The molecule has 0 aliphatic rings. The number of aromatic nitrogens is 1. The molecule has 5 heteroatoms. The molecule has 0 unspecified atom stereocenters. The van der Waals surface area contributed by atoms with E-state index in [2.05, 4.69) is 4.98 Å². The molecule has 0 aliphatic heterocycles. The van der Waals surface area contributed by atoms with Crippen molar-refractivity contribution in [3.8, 4) is 0 Å². The van der Waals surface area contributed by atoms with Gasteiger partial charge in [-0.2, -0.15) is 0 Å². The first kappa shape index (κ1) is 13.6. The first-order valence-electron chi connectivity index (χ1n) is 5.41. The number of rotatable bonds is 8. The van der Waals surface area contributed by atoms with Crippen LogP contribution in [0.3, 0.4) is 0 Å². The lowest BCUT2D eigenvalue weighted by Crippen LogP contribution is -2.04. The fraction of sp³-hybridized carbons (Fsp3) is 0.500. The van der Waals surface area contributed by atoms with Gasteiger partial charge in [-0.15, -0.1) is 0 Å². The van der Waals surface area contributed by atoms with E-state index in [1.165, 1.54) is 0 Å². The monoisotopic (exact) mass is 239 g/mol. The Morgan fingerprint density at radius 3 is 2.29 bits per heavy atom. The predicted molar refractivity (Wildman–Crippen MR) is 62.4 cm³/mol. The van der Waals surface area contributed by atoms with Crippen LogP contribution in [0.4, 0.5) is 0 Å². The molecule has 0 saturated heterocycles. The molecule has 0 saturated carbocycles. The van der Waals surface area contributed by atoms with Gasteiger partial charge in [0.25, 0.3) is 0 Å². The number of nitrogens with one attached hydrogen (secondary N) is 1. The second-order valence-electron chi connectivity index (χ2n) is 3.63. The lowest BCUT2D eigenvalue weighted by atomic mass is 10.1. The van der Waals surface area contributed by atoms with E-state index in [9.17, 15) is 9.59 Å². The molecule has 1 aromatic heterocycles. The minimum Gasteiger partial charge on any atom is -0.384 e. The van der Waals surface area contributed by atoms with Crippen LogP contribution in [0.2, 0.25) is 0 Å². The van der Waals surface area contributed by atoms with Crippen LogP contribution in [-0.4, -0.2) is 44.0 Å². The van der Waals surface area contributed by atoms with E-state index in [-0.39, 0.29) is 11.6 Å². The van der Waals surface area contributed by atoms with E-state index in [4.69, 9.17) is 9.47 Å². The Labute approximate surface area is 100 Å². The molecule has 94 valence electrons. The van der Waals surface area contributed by atoms with Crippen molar-refractivity contribution < 1.29 is 19.1 Å². The summed E-state index contributed by atoms with van der Waals surface area (Å²) in [6, 6.07) is 1.58. The highest BCUT2D eigenvalue weighted by Gasteiger charge is 2.12. The van der Waals surface area contributed by atoms with Gasteiger partial charge in [0.05, 0.1) is 18.9 Å². The number of methoxy groups -OCH3 is 2. The Balaban J connectivity index is 2.58. The smallest absolute Gasteiger partial charge is 0.181 e. The molecular weight excluding hydrogens is 222 g/mol. The molecule has 0 amide bonds. The highest BCUT2D eigenvalue weighted by Crippen LogP contribution is 2.09. The minimum absolute atomic E-state index is 0.0334. The molecule has 5 nitrogen and oxygen atoms in total. The van der Waals surface area contributed by atoms with E-state index in [0.29, 0.717) is 37.3 Å². The maximum Gasteiger partial charge on any atom is 0.181 e. The number of aromatic amines is 1. The van der Waals surface area contributed by atoms with E-state index in [0.717, 1.165) is 0 Å². The molecule has 0 spiro atoms. The number of H-pyrrole nitrogens is 1. The quantitative estimate of drug-likeness (QED) is 0.697. The summed E-state index contributed by atoms with van der Waals surface area (Å²) < 4.78 is 9.65. The van der Waals surface area contributed by atoms with Crippen molar-refractivity contribution in [3.05, 3.63) is 23.5 Å². The molecule has 1 heterocycles. The number of hydrogen-bond donors (Lipinski definition) is 1. The van der Waals surface area contributed by atoms with Crippen LogP contribution in [0.25, 0.3) is 0 Å². The summed E-state index contributed by atoms with van der Waals surface area (Å²) in [7, 11) is 3.09. The Hall–Kier alpha value is -1.46. The second-order valence-corrected chi connectivity index (χ2v) is 3.63. The highest BCUT2D eigenvalue weighted by atomic mass is 16.5. The van der Waals surface area contributed by atoms with Crippen molar-refractivity contribution in [2.24, 2.45) is 0 Å². The van der Waals surface area contributed by atoms with Gasteiger partial charge < -0.3 is 14.5 Å². The van der Waals surface area contributed by atoms with Crippen LogP contribution in [0, 0.1) is 0 Å². The average molecular weight is 239 g/mol. The molecule has 1 N–H and O–H groups in total. The van der Waals surface area contributed by atoms with Crippen molar-refractivity contribution in [2.45, 2.75) is 12.8 Å². The fourth-order valence-corrected chi connectivity index (χ4v) is 1.38. The van der Waals surface area contributed by atoms with Crippen LogP contribution < -0.4 is 0 Å². The van der Waals surface area contributed by atoms with Crippen molar-refractivity contribution in [2.75, 3.05) is 27.4 Å². The molecule has 1 rings (SSSR count). The van der Waals surface area contributed by atoms with Crippen molar-refractivity contribution in [3.63, 3.8) is 0 Å². The third-order valence-electron chi connectivity index (χ3n) is 2.37. The number of carbonyl (C=O) groups excluding carboxylic acids is 2. The largest absolute Gasteiger partial charge is 0.384 e. The summed E-state index contributed by atoms with van der Waals surface area (Å²) in [5.41, 5.74) is 0.964. The molecule has 1 aromatic rings. The first-order valence-corrected chi connectivity index (χ1v) is 5.41. The minimum atomic E-state index is -0.0577. The Bertz CT molecular complexity index is 349. The van der Waals surface area contributed by atoms with Gasteiger partial charge in [0.2, 0.25) is 0 Å². The maximum absolute atomic E-state index is 11.6. The zero-order chi connectivity index (χ0) is 12.7. The molecule has 0 fully saturated rings. The molecule has 0 radical (unpaired) electrons. The number of carbonyl (C=O) groups is 2. The molecule has 0 aromatic carbocycles. The van der Waals surface area contributed by atoms with E-state index >= 15 is 0 Å². The third-order valence-corrected chi connectivity index (χ3v) is 2.37. The maximum atomic E-state index is 11.6. The van der Waals surface area contributed by atoms with Crippen molar-refractivity contribution >= 4 is 11.6 Å². The molecular formula is C12H17NO4.